The van der Waals surface area contributed by atoms with Gasteiger partial charge < -0.3 is 16.2 Å². The molecule has 0 heterocycles. The summed E-state index contributed by atoms with van der Waals surface area (Å²) in [5.74, 6) is 0.855. The van der Waals surface area contributed by atoms with E-state index in [0.717, 1.165) is 10.0 Å². The summed E-state index contributed by atoms with van der Waals surface area (Å²) in [5, 5.41) is 0. The third kappa shape index (κ3) is 3.36. The van der Waals surface area contributed by atoms with Gasteiger partial charge in [-0.25, -0.2) is 0 Å². The van der Waals surface area contributed by atoms with Gasteiger partial charge in [0.25, 0.3) is 5.91 Å². The van der Waals surface area contributed by atoms with Gasteiger partial charge in [0.2, 0.25) is 0 Å². The van der Waals surface area contributed by atoms with Gasteiger partial charge in [0, 0.05) is 4.47 Å². The Bertz CT molecular complexity index is 684. The van der Waals surface area contributed by atoms with E-state index >= 15 is 0 Å². The average molecular weight is 349 g/mol. The summed E-state index contributed by atoms with van der Waals surface area (Å²) in [4.78, 5) is 11.3. The van der Waals surface area contributed by atoms with Gasteiger partial charge >= 0.3 is 0 Å². The molecule has 0 aliphatic carbocycles. The van der Waals surface area contributed by atoms with Crippen molar-refractivity contribution in [2.24, 2.45) is 5.73 Å². The Morgan fingerprint density at radius 2 is 1.90 bits per heavy atom. The van der Waals surface area contributed by atoms with Crippen molar-refractivity contribution in [1.82, 2.24) is 0 Å². The molecule has 0 saturated heterocycles. The van der Waals surface area contributed by atoms with Crippen molar-refractivity contribution in [3.8, 4) is 11.5 Å². The third-order valence-electron chi connectivity index (χ3n) is 3.15. The van der Waals surface area contributed by atoms with Crippen molar-refractivity contribution in [2.75, 3.05) is 5.73 Å². The Morgan fingerprint density at radius 1 is 1.19 bits per heavy atom. The third-order valence-corrected chi connectivity index (χ3v) is 3.64. The summed E-state index contributed by atoms with van der Waals surface area (Å²) in [6, 6.07) is 10.8. The van der Waals surface area contributed by atoms with Crippen LogP contribution in [0.1, 0.15) is 35.7 Å². The Hall–Kier alpha value is -2.01. The van der Waals surface area contributed by atoms with Gasteiger partial charge in [-0.05, 0) is 41.8 Å². The van der Waals surface area contributed by atoms with Gasteiger partial charge in [0.1, 0.15) is 5.75 Å². The Labute approximate surface area is 132 Å². The molecule has 2 aromatic rings. The molecule has 5 heteroatoms. The van der Waals surface area contributed by atoms with E-state index in [9.17, 15) is 4.79 Å². The summed E-state index contributed by atoms with van der Waals surface area (Å²) in [6.45, 7) is 4.16. The van der Waals surface area contributed by atoms with Crippen molar-refractivity contribution < 1.29 is 9.53 Å². The summed E-state index contributed by atoms with van der Waals surface area (Å²) in [6.07, 6.45) is 0. The second-order valence-electron chi connectivity index (χ2n) is 5.02. The lowest BCUT2D eigenvalue weighted by Crippen LogP contribution is -2.13. The number of benzene rings is 2. The van der Waals surface area contributed by atoms with Crippen LogP contribution in [0.25, 0.3) is 0 Å². The number of ether oxygens (including phenoxy) is 1. The van der Waals surface area contributed by atoms with E-state index in [1.165, 1.54) is 0 Å². The average Bonchev–Trinajstić information content (AvgIpc) is 2.42. The maximum atomic E-state index is 11.3. The highest BCUT2D eigenvalue weighted by Gasteiger charge is 2.14. The van der Waals surface area contributed by atoms with Crippen LogP contribution in [0, 0.1) is 0 Å². The molecule has 4 N–H and O–H groups in total. The molecule has 0 aliphatic rings. The number of halogens is 1. The second kappa shape index (κ2) is 6.18. The van der Waals surface area contributed by atoms with Gasteiger partial charge in [-0.2, -0.15) is 0 Å². The summed E-state index contributed by atoms with van der Waals surface area (Å²) in [7, 11) is 0. The van der Waals surface area contributed by atoms with Crippen LogP contribution in [0.2, 0.25) is 0 Å². The van der Waals surface area contributed by atoms with Gasteiger partial charge in [-0.3, -0.25) is 4.79 Å². The first-order chi connectivity index (χ1) is 9.90. The minimum atomic E-state index is -0.571. The molecule has 2 rings (SSSR count). The van der Waals surface area contributed by atoms with Gasteiger partial charge in [-0.1, -0.05) is 35.8 Å². The first-order valence-corrected chi connectivity index (χ1v) is 7.35. The number of amides is 1. The predicted molar refractivity (Wildman–Crippen MR) is 87.7 cm³/mol. The number of anilines is 1. The molecule has 110 valence electrons. The molecule has 2 aromatic carbocycles. The lowest BCUT2D eigenvalue weighted by molar-refractivity contribution is 0.100. The van der Waals surface area contributed by atoms with E-state index in [1.807, 2.05) is 18.2 Å². The lowest BCUT2D eigenvalue weighted by atomic mass is 10.0. The molecule has 0 bridgehead atoms. The Morgan fingerprint density at radius 3 is 2.52 bits per heavy atom. The van der Waals surface area contributed by atoms with Crippen molar-refractivity contribution >= 4 is 27.5 Å². The molecule has 21 heavy (non-hydrogen) atoms. The van der Waals surface area contributed by atoms with Crippen molar-refractivity contribution in [3.05, 3.63) is 52.0 Å². The van der Waals surface area contributed by atoms with Crippen LogP contribution < -0.4 is 16.2 Å². The number of hydrogen-bond acceptors (Lipinski definition) is 3. The highest BCUT2D eigenvalue weighted by molar-refractivity contribution is 9.10. The number of carbonyl (C=O) groups excluding carboxylic acids is 1. The van der Waals surface area contributed by atoms with E-state index in [2.05, 4.69) is 29.8 Å². The zero-order valence-corrected chi connectivity index (χ0v) is 13.5. The largest absolute Gasteiger partial charge is 0.455 e. The van der Waals surface area contributed by atoms with Crippen LogP contribution in [-0.4, -0.2) is 5.91 Å². The maximum Gasteiger partial charge on any atom is 0.250 e. The van der Waals surface area contributed by atoms with Crippen LogP contribution >= 0.6 is 15.9 Å². The number of carbonyl (C=O) groups is 1. The Balaban J connectivity index is 2.44. The molecular formula is C16H17BrN2O2. The fourth-order valence-electron chi connectivity index (χ4n) is 2.03. The Kier molecular flexibility index (Phi) is 4.53. The molecule has 0 saturated carbocycles. The molecule has 4 nitrogen and oxygen atoms in total. The number of primary amides is 1. The number of hydrogen-bond donors (Lipinski definition) is 2. The lowest BCUT2D eigenvalue weighted by Gasteiger charge is -2.16. The number of para-hydroxylation sites is 1. The van der Waals surface area contributed by atoms with Crippen molar-refractivity contribution in [3.63, 3.8) is 0 Å². The van der Waals surface area contributed by atoms with Crippen LogP contribution in [0.4, 0.5) is 5.69 Å². The minimum absolute atomic E-state index is 0.252. The molecule has 0 aliphatic heterocycles. The number of nitrogens with two attached hydrogens (primary N) is 2. The van der Waals surface area contributed by atoms with Crippen LogP contribution in [0.3, 0.4) is 0 Å². The molecule has 0 spiro atoms. The fraction of sp³-hybridized carbons (Fsp3) is 0.188. The first kappa shape index (κ1) is 15.4. The second-order valence-corrected chi connectivity index (χ2v) is 5.94. The molecule has 0 unspecified atom stereocenters. The first-order valence-electron chi connectivity index (χ1n) is 6.55. The normalized spacial score (nSPS) is 10.7. The topological polar surface area (TPSA) is 78.3 Å². The SMILES string of the molecule is CC(C)c1cc(Br)ccc1Oc1cccc(C(N)=O)c1N. The number of rotatable bonds is 4. The maximum absolute atomic E-state index is 11.3. The van der Waals surface area contributed by atoms with E-state index in [1.54, 1.807) is 18.2 Å². The fourth-order valence-corrected chi connectivity index (χ4v) is 2.41. The van der Waals surface area contributed by atoms with Crippen LogP contribution in [0.5, 0.6) is 11.5 Å². The standard InChI is InChI=1S/C16H17BrN2O2/c1-9(2)12-8-10(17)6-7-13(12)21-14-5-3-4-11(15(14)18)16(19)20/h3-9H,18H2,1-2H3,(H2,19,20). The molecule has 0 aromatic heterocycles. The van der Waals surface area contributed by atoms with E-state index in [-0.39, 0.29) is 17.2 Å². The molecular weight excluding hydrogens is 332 g/mol. The van der Waals surface area contributed by atoms with Crippen molar-refractivity contribution in [2.45, 2.75) is 19.8 Å². The minimum Gasteiger partial charge on any atom is -0.455 e. The van der Waals surface area contributed by atoms with E-state index in [0.29, 0.717) is 11.5 Å². The van der Waals surface area contributed by atoms with Gasteiger partial charge in [0.05, 0.1) is 11.3 Å². The van der Waals surface area contributed by atoms with Crippen LogP contribution in [0.15, 0.2) is 40.9 Å². The summed E-state index contributed by atoms with van der Waals surface area (Å²) >= 11 is 3.45. The molecule has 0 fully saturated rings. The van der Waals surface area contributed by atoms with Crippen LogP contribution in [-0.2, 0) is 0 Å². The summed E-state index contributed by atoms with van der Waals surface area (Å²) < 4.78 is 6.88. The smallest absolute Gasteiger partial charge is 0.250 e. The molecule has 0 atom stereocenters. The van der Waals surface area contributed by atoms with Gasteiger partial charge in [-0.15, -0.1) is 0 Å². The highest BCUT2D eigenvalue weighted by Crippen LogP contribution is 2.35. The predicted octanol–water partition coefficient (Wildman–Crippen LogP) is 4.05. The monoisotopic (exact) mass is 348 g/mol. The summed E-state index contributed by atoms with van der Waals surface area (Å²) in [5.41, 5.74) is 12.8. The van der Waals surface area contributed by atoms with E-state index < -0.39 is 5.91 Å². The van der Waals surface area contributed by atoms with Crippen molar-refractivity contribution in [1.29, 1.82) is 0 Å². The van der Waals surface area contributed by atoms with E-state index in [4.69, 9.17) is 16.2 Å². The van der Waals surface area contributed by atoms with Gasteiger partial charge in [0.15, 0.2) is 5.75 Å². The quantitative estimate of drug-likeness (QED) is 0.818. The molecule has 0 radical (unpaired) electrons. The zero-order valence-electron chi connectivity index (χ0n) is 11.9. The highest BCUT2D eigenvalue weighted by atomic mass is 79.9. The zero-order chi connectivity index (χ0) is 15.6. The molecule has 1 amide bonds. The number of nitrogen functional groups attached to an aromatic ring is 1.